The smallest absolute Gasteiger partial charge is 0.320 e. The average molecular weight is 214 g/mol. The number of hydrogen-bond acceptors (Lipinski definition) is 3. The quantitative estimate of drug-likeness (QED) is 0.566. The predicted octanol–water partition coefficient (Wildman–Crippen LogP) is -0.639. The summed E-state index contributed by atoms with van der Waals surface area (Å²) in [5.74, 6) is -0.442. The Bertz CT molecular complexity index is 256. The fraction of sp³-hybridized carbons (Fsp3) is 0.778. The van der Waals surface area contributed by atoms with Gasteiger partial charge in [-0.05, 0) is 12.8 Å². The van der Waals surface area contributed by atoms with E-state index >= 15 is 0 Å². The largest absolute Gasteiger partial charge is 0.480 e. The van der Waals surface area contributed by atoms with Crippen LogP contribution in [0.3, 0.4) is 0 Å². The molecule has 0 bridgehead atoms. The van der Waals surface area contributed by atoms with Crippen molar-refractivity contribution in [1.82, 2.24) is 9.80 Å². The summed E-state index contributed by atoms with van der Waals surface area (Å²) in [6, 6.07) is -0.778. The van der Waals surface area contributed by atoms with E-state index in [1.807, 2.05) is 16.8 Å². The van der Waals surface area contributed by atoms with Crippen LogP contribution < -0.4 is 5.73 Å². The molecule has 1 aliphatic heterocycles. The first kappa shape index (κ1) is 11.8. The number of likely N-dealkylation sites (N-methyl/N-ethyl adjacent to an activating group) is 1. The fourth-order valence-corrected chi connectivity index (χ4v) is 1.57. The summed E-state index contributed by atoms with van der Waals surface area (Å²) in [4.78, 5) is 14.3. The van der Waals surface area contributed by atoms with Crippen molar-refractivity contribution < 1.29 is 9.90 Å². The van der Waals surface area contributed by atoms with Gasteiger partial charge in [-0.25, -0.2) is 0 Å². The van der Waals surface area contributed by atoms with E-state index in [1.165, 1.54) is 0 Å². The summed E-state index contributed by atoms with van der Waals surface area (Å²) in [6.07, 6.45) is 1.17. The van der Waals surface area contributed by atoms with Crippen LogP contribution in [-0.2, 0) is 4.79 Å². The van der Waals surface area contributed by atoms with Gasteiger partial charge in [0.1, 0.15) is 6.04 Å². The van der Waals surface area contributed by atoms with Gasteiger partial charge in [0.05, 0.1) is 0 Å². The molecule has 1 saturated heterocycles. The van der Waals surface area contributed by atoms with Crippen molar-refractivity contribution in [2.45, 2.75) is 18.9 Å². The third kappa shape index (κ3) is 3.09. The van der Waals surface area contributed by atoms with E-state index < -0.39 is 12.0 Å². The predicted molar refractivity (Wildman–Crippen MR) is 56.8 cm³/mol. The number of nitrogens with one attached hydrogen (secondary N) is 1. The molecule has 1 fully saturated rings. The van der Waals surface area contributed by atoms with E-state index in [9.17, 15) is 4.79 Å². The van der Waals surface area contributed by atoms with Crippen LogP contribution >= 0.6 is 0 Å². The monoisotopic (exact) mass is 214 g/mol. The number of aliphatic carboxylic acids is 1. The molecule has 0 aromatic heterocycles. The van der Waals surface area contributed by atoms with Gasteiger partial charge in [-0.1, -0.05) is 0 Å². The third-order valence-corrected chi connectivity index (χ3v) is 2.63. The van der Waals surface area contributed by atoms with Crippen LogP contribution in [0.2, 0.25) is 0 Å². The van der Waals surface area contributed by atoms with Crippen LogP contribution in [0.25, 0.3) is 0 Å². The molecule has 6 heteroatoms. The highest BCUT2D eigenvalue weighted by atomic mass is 16.4. The van der Waals surface area contributed by atoms with Gasteiger partial charge in [0.25, 0.3) is 0 Å². The number of carbonyl (C=O) groups is 1. The first-order valence-electron chi connectivity index (χ1n) is 5.05. The maximum Gasteiger partial charge on any atom is 0.320 e. The van der Waals surface area contributed by atoms with E-state index in [2.05, 4.69) is 0 Å². The highest BCUT2D eigenvalue weighted by Gasteiger charge is 2.21. The molecule has 0 amide bonds. The molecular weight excluding hydrogens is 196 g/mol. The Morgan fingerprint density at radius 3 is 2.80 bits per heavy atom. The summed E-state index contributed by atoms with van der Waals surface area (Å²) < 4.78 is 0. The van der Waals surface area contributed by atoms with Crippen LogP contribution in [0.1, 0.15) is 12.8 Å². The van der Waals surface area contributed by atoms with Gasteiger partial charge in [-0.3, -0.25) is 10.2 Å². The molecule has 0 unspecified atom stereocenters. The van der Waals surface area contributed by atoms with Crippen molar-refractivity contribution in [2.75, 3.05) is 26.7 Å². The van der Waals surface area contributed by atoms with Crippen LogP contribution in [0.4, 0.5) is 0 Å². The SMILES string of the molecule is CN1CCN(CCC[C@H](N)C(=O)O)C1=N. The lowest BCUT2D eigenvalue weighted by atomic mass is 10.1. The molecule has 0 aromatic carbocycles. The number of hydrogen-bond donors (Lipinski definition) is 3. The second-order valence-electron chi connectivity index (χ2n) is 3.82. The van der Waals surface area contributed by atoms with Crippen molar-refractivity contribution in [3.63, 3.8) is 0 Å². The van der Waals surface area contributed by atoms with Gasteiger partial charge in [-0.15, -0.1) is 0 Å². The number of rotatable bonds is 5. The molecule has 1 atom stereocenters. The number of carboxylic acids is 1. The lowest BCUT2D eigenvalue weighted by Crippen LogP contribution is -2.34. The summed E-state index contributed by atoms with van der Waals surface area (Å²) in [7, 11) is 1.88. The molecule has 1 rings (SSSR count). The molecule has 4 N–H and O–H groups in total. The number of carboxylic acid groups (broad SMARTS) is 1. The van der Waals surface area contributed by atoms with E-state index in [1.54, 1.807) is 0 Å². The molecule has 6 nitrogen and oxygen atoms in total. The first-order valence-corrected chi connectivity index (χ1v) is 5.05. The normalized spacial score (nSPS) is 18.4. The van der Waals surface area contributed by atoms with E-state index in [4.69, 9.17) is 16.2 Å². The maximum atomic E-state index is 10.5. The van der Waals surface area contributed by atoms with E-state index in [0.29, 0.717) is 25.3 Å². The summed E-state index contributed by atoms with van der Waals surface area (Å²) in [5, 5.41) is 16.3. The third-order valence-electron chi connectivity index (χ3n) is 2.63. The lowest BCUT2D eigenvalue weighted by molar-refractivity contribution is -0.138. The maximum absolute atomic E-state index is 10.5. The standard InChI is InChI=1S/C9H18N4O2/c1-12-5-6-13(9(12)11)4-2-3-7(10)8(14)15/h7,11H,2-6,10H2,1H3,(H,14,15)/t7-/m0/s1. The van der Waals surface area contributed by atoms with Gasteiger partial charge in [0.2, 0.25) is 0 Å². The van der Waals surface area contributed by atoms with Crippen molar-refractivity contribution in [3.8, 4) is 0 Å². The molecule has 0 spiro atoms. The number of guanidine groups is 1. The topological polar surface area (TPSA) is 93.7 Å². The Kier molecular flexibility index (Phi) is 3.90. The molecule has 15 heavy (non-hydrogen) atoms. The second kappa shape index (κ2) is 4.97. The summed E-state index contributed by atoms with van der Waals surface area (Å²) in [5.41, 5.74) is 5.38. The second-order valence-corrected chi connectivity index (χ2v) is 3.82. The highest BCUT2D eigenvalue weighted by Crippen LogP contribution is 2.06. The van der Waals surface area contributed by atoms with Crippen LogP contribution in [0.15, 0.2) is 0 Å². The molecule has 0 aromatic rings. The average Bonchev–Trinajstić information content (AvgIpc) is 2.49. The first-order chi connectivity index (χ1) is 7.02. The molecular formula is C9H18N4O2. The minimum Gasteiger partial charge on any atom is -0.480 e. The van der Waals surface area contributed by atoms with Crippen LogP contribution in [-0.4, -0.2) is 59.6 Å². The van der Waals surface area contributed by atoms with E-state index in [0.717, 1.165) is 13.1 Å². The molecule has 0 saturated carbocycles. The van der Waals surface area contributed by atoms with Gasteiger partial charge in [-0.2, -0.15) is 0 Å². The van der Waals surface area contributed by atoms with E-state index in [-0.39, 0.29) is 0 Å². The number of nitrogens with zero attached hydrogens (tertiary/aromatic N) is 2. The Balaban J connectivity index is 2.21. The Morgan fingerprint density at radius 2 is 2.33 bits per heavy atom. The molecule has 1 heterocycles. The lowest BCUT2D eigenvalue weighted by Gasteiger charge is -2.19. The molecule has 0 aliphatic carbocycles. The minimum atomic E-state index is -0.955. The van der Waals surface area contributed by atoms with Crippen molar-refractivity contribution in [2.24, 2.45) is 5.73 Å². The van der Waals surface area contributed by atoms with Gasteiger partial charge in [0, 0.05) is 26.7 Å². The van der Waals surface area contributed by atoms with Crippen LogP contribution in [0, 0.1) is 5.41 Å². The zero-order chi connectivity index (χ0) is 11.4. The highest BCUT2D eigenvalue weighted by molar-refractivity contribution is 5.78. The van der Waals surface area contributed by atoms with Crippen molar-refractivity contribution in [3.05, 3.63) is 0 Å². The number of nitrogens with two attached hydrogens (primary N) is 1. The van der Waals surface area contributed by atoms with Crippen LogP contribution in [0.5, 0.6) is 0 Å². The molecule has 86 valence electrons. The Morgan fingerprint density at radius 1 is 1.67 bits per heavy atom. The minimum absolute atomic E-state index is 0.461. The zero-order valence-corrected chi connectivity index (χ0v) is 8.94. The molecule has 1 aliphatic rings. The summed E-state index contributed by atoms with van der Waals surface area (Å²) in [6.45, 7) is 2.42. The Labute approximate surface area is 89.2 Å². The van der Waals surface area contributed by atoms with Crippen molar-refractivity contribution in [1.29, 1.82) is 5.41 Å². The van der Waals surface area contributed by atoms with Gasteiger partial charge < -0.3 is 20.6 Å². The summed E-state index contributed by atoms with van der Waals surface area (Å²) >= 11 is 0. The zero-order valence-electron chi connectivity index (χ0n) is 8.94. The van der Waals surface area contributed by atoms with Gasteiger partial charge >= 0.3 is 5.97 Å². The Hall–Kier alpha value is -1.30. The molecule has 0 radical (unpaired) electrons. The van der Waals surface area contributed by atoms with Gasteiger partial charge in [0.15, 0.2) is 5.96 Å². The van der Waals surface area contributed by atoms with Crippen molar-refractivity contribution >= 4 is 11.9 Å². The fourth-order valence-electron chi connectivity index (χ4n) is 1.57.